The van der Waals surface area contributed by atoms with Crippen molar-refractivity contribution >= 4 is 29.0 Å². The summed E-state index contributed by atoms with van der Waals surface area (Å²) in [6.07, 6.45) is 7.80. The van der Waals surface area contributed by atoms with E-state index in [9.17, 15) is 9.59 Å². The zero-order chi connectivity index (χ0) is 23.4. The first-order chi connectivity index (χ1) is 15.9. The Morgan fingerprint density at radius 2 is 2.00 bits per heavy atom. The molecule has 7 heteroatoms. The number of aryl methyl sites for hydroxylation is 1. The lowest BCUT2D eigenvalue weighted by atomic mass is 9.98. The normalized spacial score (nSPS) is 13.9. The topological polar surface area (TPSA) is 84.0 Å². The van der Waals surface area contributed by atoms with E-state index in [1.165, 1.54) is 0 Å². The molecule has 0 bridgehead atoms. The van der Waals surface area contributed by atoms with Crippen LogP contribution in [-0.4, -0.2) is 34.2 Å². The number of nitrogens with one attached hydrogen (secondary N) is 2. The van der Waals surface area contributed by atoms with Gasteiger partial charge in [-0.2, -0.15) is 0 Å². The van der Waals surface area contributed by atoms with Gasteiger partial charge in [0.2, 0.25) is 0 Å². The standard InChI is InChI=1S/C26H27ClN4O2/c1-16-12-22(20(15-30-16)9-11-29-26(33)21-4-3-10-28-14-21)19-7-8-24(23(27)13-19)31-25(17(2)32)18-5-6-18/h3-4,7-8,10,12-15,18,25,31H,5-6,9,11H2,1-2H3,(H,29,33). The van der Waals surface area contributed by atoms with Gasteiger partial charge in [0.15, 0.2) is 5.78 Å². The molecule has 3 aromatic rings. The predicted molar refractivity (Wildman–Crippen MR) is 131 cm³/mol. The number of carbonyl (C=O) groups is 2. The van der Waals surface area contributed by atoms with Gasteiger partial charge in [0.1, 0.15) is 0 Å². The minimum absolute atomic E-state index is 0.137. The number of halogens is 1. The van der Waals surface area contributed by atoms with Gasteiger partial charge in [0.25, 0.3) is 5.91 Å². The van der Waals surface area contributed by atoms with Crippen LogP contribution in [0.5, 0.6) is 0 Å². The molecule has 33 heavy (non-hydrogen) atoms. The SMILES string of the molecule is CC(=O)C(Nc1ccc(-c2cc(C)ncc2CCNC(=O)c2cccnc2)cc1Cl)C1CC1. The summed E-state index contributed by atoms with van der Waals surface area (Å²) in [6.45, 7) is 4.04. The lowest BCUT2D eigenvalue weighted by molar-refractivity contribution is -0.118. The highest BCUT2D eigenvalue weighted by Gasteiger charge is 2.34. The molecule has 0 radical (unpaired) electrons. The van der Waals surface area contributed by atoms with Crippen molar-refractivity contribution in [2.45, 2.75) is 39.2 Å². The summed E-state index contributed by atoms with van der Waals surface area (Å²) in [6, 6.07) is 11.2. The van der Waals surface area contributed by atoms with Crippen LogP contribution in [0.2, 0.25) is 5.02 Å². The number of hydrogen-bond acceptors (Lipinski definition) is 5. The maximum absolute atomic E-state index is 12.3. The molecule has 170 valence electrons. The molecule has 1 aliphatic carbocycles. The monoisotopic (exact) mass is 462 g/mol. The first-order valence-electron chi connectivity index (χ1n) is 11.1. The number of pyridine rings is 2. The van der Waals surface area contributed by atoms with Gasteiger partial charge in [0, 0.05) is 30.8 Å². The van der Waals surface area contributed by atoms with E-state index >= 15 is 0 Å². The minimum Gasteiger partial charge on any atom is -0.374 e. The third-order valence-corrected chi connectivity index (χ3v) is 6.16. The van der Waals surface area contributed by atoms with E-state index in [4.69, 9.17) is 11.6 Å². The Hall–Kier alpha value is -3.25. The highest BCUT2D eigenvalue weighted by Crippen LogP contribution is 2.37. The average molecular weight is 463 g/mol. The van der Waals surface area contributed by atoms with E-state index in [2.05, 4.69) is 20.6 Å². The van der Waals surface area contributed by atoms with Crippen molar-refractivity contribution in [3.8, 4) is 11.1 Å². The van der Waals surface area contributed by atoms with Crippen LogP contribution >= 0.6 is 11.6 Å². The summed E-state index contributed by atoms with van der Waals surface area (Å²) in [5.41, 5.74) is 5.21. The van der Waals surface area contributed by atoms with E-state index in [-0.39, 0.29) is 17.7 Å². The Balaban J connectivity index is 1.49. The second-order valence-electron chi connectivity index (χ2n) is 8.50. The first kappa shape index (κ1) is 22.9. The molecule has 0 spiro atoms. The molecule has 2 heterocycles. The van der Waals surface area contributed by atoms with Gasteiger partial charge in [-0.3, -0.25) is 19.6 Å². The van der Waals surface area contributed by atoms with Gasteiger partial charge < -0.3 is 10.6 Å². The molecule has 2 aromatic heterocycles. The molecule has 1 saturated carbocycles. The summed E-state index contributed by atoms with van der Waals surface area (Å²) in [5.74, 6) is 0.381. The summed E-state index contributed by atoms with van der Waals surface area (Å²) >= 11 is 6.61. The molecule has 0 aliphatic heterocycles. The predicted octanol–water partition coefficient (Wildman–Crippen LogP) is 4.86. The van der Waals surface area contributed by atoms with Gasteiger partial charge in [-0.25, -0.2) is 0 Å². The van der Waals surface area contributed by atoms with Gasteiger partial charge in [-0.15, -0.1) is 0 Å². The largest absolute Gasteiger partial charge is 0.374 e. The molecule has 4 rings (SSSR count). The molecule has 1 atom stereocenters. The Morgan fingerprint density at radius 3 is 2.67 bits per heavy atom. The van der Waals surface area contributed by atoms with Crippen molar-refractivity contribution in [1.29, 1.82) is 0 Å². The molecule has 2 N–H and O–H groups in total. The van der Waals surface area contributed by atoms with Crippen LogP contribution < -0.4 is 10.6 Å². The van der Waals surface area contributed by atoms with Crippen LogP contribution in [0.3, 0.4) is 0 Å². The van der Waals surface area contributed by atoms with Crippen LogP contribution in [0.15, 0.2) is 55.0 Å². The Bertz CT molecular complexity index is 1160. The van der Waals surface area contributed by atoms with Gasteiger partial charge in [-0.05, 0) is 86.1 Å². The number of ketones is 1. The number of aromatic nitrogens is 2. The Labute approximate surface area is 198 Å². The minimum atomic E-state index is -0.185. The van der Waals surface area contributed by atoms with Crippen molar-refractivity contribution in [2.24, 2.45) is 5.92 Å². The maximum atomic E-state index is 12.3. The average Bonchev–Trinajstić information content (AvgIpc) is 3.64. The van der Waals surface area contributed by atoms with Crippen LogP contribution in [0.1, 0.15) is 41.4 Å². The first-order valence-corrected chi connectivity index (χ1v) is 11.5. The van der Waals surface area contributed by atoms with Crippen molar-refractivity contribution in [3.05, 3.63) is 76.8 Å². The Kier molecular flexibility index (Phi) is 7.04. The second kappa shape index (κ2) is 10.1. The number of anilines is 1. The van der Waals surface area contributed by atoms with Crippen LogP contribution in [-0.2, 0) is 11.2 Å². The number of Topliss-reactive ketones (excluding diaryl/α,β-unsaturated/α-hetero) is 1. The third kappa shape index (κ3) is 5.76. The van der Waals surface area contributed by atoms with E-state index in [0.717, 1.165) is 40.9 Å². The summed E-state index contributed by atoms with van der Waals surface area (Å²) < 4.78 is 0. The molecular formula is C26H27ClN4O2. The summed E-state index contributed by atoms with van der Waals surface area (Å²) in [4.78, 5) is 32.7. The lowest BCUT2D eigenvalue weighted by Crippen LogP contribution is -2.29. The molecule has 1 unspecified atom stereocenters. The van der Waals surface area contributed by atoms with Crippen molar-refractivity contribution < 1.29 is 9.59 Å². The van der Waals surface area contributed by atoms with E-state index in [1.54, 1.807) is 31.5 Å². The molecule has 6 nitrogen and oxygen atoms in total. The zero-order valence-electron chi connectivity index (χ0n) is 18.8. The zero-order valence-corrected chi connectivity index (χ0v) is 19.5. The smallest absolute Gasteiger partial charge is 0.252 e. The third-order valence-electron chi connectivity index (χ3n) is 5.85. The van der Waals surface area contributed by atoms with E-state index in [1.807, 2.05) is 37.4 Å². The quantitative estimate of drug-likeness (QED) is 0.474. The summed E-state index contributed by atoms with van der Waals surface area (Å²) in [5, 5.41) is 6.84. The number of rotatable bonds is 9. The van der Waals surface area contributed by atoms with Crippen LogP contribution in [0.25, 0.3) is 11.1 Å². The Morgan fingerprint density at radius 1 is 1.18 bits per heavy atom. The van der Waals surface area contributed by atoms with Gasteiger partial charge in [0.05, 0.1) is 22.3 Å². The van der Waals surface area contributed by atoms with Gasteiger partial charge in [-0.1, -0.05) is 17.7 Å². The second-order valence-corrected chi connectivity index (χ2v) is 8.90. The fourth-order valence-electron chi connectivity index (χ4n) is 3.91. The van der Waals surface area contributed by atoms with Gasteiger partial charge >= 0.3 is 0 Å². The van der Waals surface area contributed by atoms with Crippen LogP contribution in [0, 0.1) is 12.8 Å². The molecule has 1 amide bonds. The van der Waals surface area contributed by atoms with Crippen molar-refractivity contribution in [3.63, 3.8) is 0 Å². The van der Waals surface area contributed by atoms with Crippen LogP contribution in [0.4, 0.5) is 5.69 Å². The fraction of sp³-hybridized carbons (Fsp3) is 0.308. The molecule has 1 aliphatic rings. The molecule has 0 saturated heterocycles. The lowest BCUT2D eigenvalue weighted by Gasteiger charge is -2.18. The molecule has 1 fully saturated rings. The van der Waals surface area contributed by atoms with Crippen molar-refractivity contribution in [2.75, 3.05) is 11.9 Å². The number of hydrogen-bond donors (Lipinski definition) is 2. The highest BCUT2D eigenvalue weighted by atomic mass is 35.5. The molecular weight excluding hydrogens is 436 g/mol. The summed E-state index contributed by atoms with van der Waals surface area (Å²) in [7, 11) is 0. The fourth-order valence-corrected chi connectivity index (χ4v) is 4.15. The number of benzene rings is 1. The highest BCUT2D eigenvalue weighted by molar-refractivity contribution is 6.33. The maximum Gasteiger partial charge on any atom is 0.252 e. The number of nitrogens with zero attached hydrogens (tertiary/aromatic N) is 2. The number of carbonyl (C=O) groups excluding carboxylic acids is 2. The van der Waals surface area contributed by atoms with E-state index < -0.39 is 0 Å². The molecule has 1 aromatic carbocycles. The number of amides is 1. The van der Waals surface area contributed by atoms with E-state index in [0.29, 0.717) is 29.5 Å². The van der Waals surface area contributed by atoms with Crippen molar-refractivity contribution in [1.82, 2.24) is 15.3 Å².